The third-order valence-electron chi connectivity index (χ3n) is 13.3. The number of aliphatic hydroxyl groups excluding tert-OH is 1. The molecule has 6 aliphatic carbocycles. The van der Waals surface area contributed by atoms with Gasteiger partial charge >= 0.3 is 0 Å². The van der Waals surface area contributed by atoms with E-state index in [9.17, 15) is 20.0 Å². The van der Waals surface area contributed by atoms with Crippen LogP contribution in [-0.2, 0) is 9.59 Å². The van der Waals surface area contributed by atoms with Crippen molar-refractivity contribution in [2.45, 2.75) is 105 Å². The minimum Gasteiger partial charge on any atom is -0.396 e. The van der Waals surface area contributed by atoms with Crippen molar-refractivity contribution < 1.29 is 14.7 Å². The Morgan fingerprint density at radius 2 is 1.70 bits per heavy atom. The molecule has 0 aliphatic heterocycles. The fourth-order valence-corrected chi connectivity index (χ4v) is 11.0. The van der Waals surface area contributed by atoms with Gasteiger partial charge in [0.05, 0.1) is 5.57 Å². The number of Topliss-reactive ketones (excluding diaryl/α,β-unsaturated/α-hetero) is 1. The van der Waals surface area contributed by atoms with Crippen LogP contribution < -0.4 is 0 Å². The van der Waals surface area contributed by atoms with Gasteiger partial charge in [-0.15, -0.1) is 0 Å². The minimum absolute atomic E-state index is 0.00735. The van der Waals surface area contributed by atoms with Crippen molar-refractivity contribution in [2.24, 2.45) is 50.2 Å². The number of fused-ring (bicyclic) bond motifs is 8. The van der Waals surface area contributed by atoms with Gasteiger partial charge in [-0.2, -0.15) is 5.26 Å². The second kappa shape index (κ2) is 7.68. The highest BCUT2D eigenvalue weighted by Gasteiger charge is 2.72. The molecule has 0 saturated heterocycles. The van der Waals surface area contributed by atoms with Crippen molar-refractivity contribution in [3.63, 3.8) is 0 Å². The molecule has 6 rings (SSSR count). The molecule has 1 N–H and O–H groups in total. The van der Waals surface area contributed by atoms with Crippen LogP contribution in [0.5, 0.6) is 0 Å². The SMILES string of the molecule is CC1(C)CC[C@]2(CCCO)CC[C@]3(C)[C@H](C(=O)C=C4[C@@]5(C)C=C(C#N)C(=O)C6(CC6)[C@@H]5CC[C@]43C)[C@@H]2C1. The first kappa shape index (κ1) is 25.5. The van der Waals surface area contributed by atoms with E-state index >= 15 is 0 Å². The van der Waals surface area contributed by atoms with Crippen molar-refractivity contribution in [1.29, 1.82) is 5.26 Å². The standard InChI is InChI=1S/C33H45NO3/c1-28(2)10-12-32(8-6-16-35)13-11-31(5)26(22(32)19-28)23(36)17-25-29(3)18-21(20-34)27(37)33(14-15-33)24(29)7-9-30(25,31)4/h17-18,22,24,26,35H,6-16,19H2,1-5H3/t22-,24+,26-,29-,30+,31+,32+/m0/s1. The molecule has 4 fully saturated rings. The van der Waals surface area contributed by atoms with Gasteiger partial charge in [0.2, 0.25) is 0 Å². The van der Waals surface area contributed by atoms with E-state index in [2.05, 4.69) is 40.7 Å². The summed E-state index contributed by atoms with van der Waals surface area (Å²) in [5.41, 5.74) is 0.861. The quantitative estimate of drug-likeness (QED) is 0.463. The zero-order valence-electron chi connectivity index (χ0n) is 23.6. The number of aliphatic hydroxyl groups is 1. The van der Waals surface area contributed by atoms with Gasteiger partial charge in [0, 0.05) is 23.4 Å². The maximum Gasteiger partial charge on any atom is 0.179 e. The molecule has 6 aliphatic rings. The summed E-state index contributed by atoms with van der Waals surface area (Å²) in [6.45, 7) is 12.0. The van der Waals surface area contributed by atoms with Crippen LogP contribution in [0.25, 0.3) is 0 Å². The molecule has 4 nitrogen and oxygen atoms in total. The predicted octanol–water partition coefficient (Wildman–Crippen LogP) is 6.73. The number of rotatable bonds is 3. The van der Waals surface area contributed by atoms with E-state index in [-0.39, 0.29) is 51.3 Å². The Hall–Kier alpha value is -1.73. The summed E-state index contributed by atoms with van der Waals surface area (Å²) in [6, 6.07) is 2.24. The van der Waals surface area contributed by atoms with Crippen molar-refractivity contribution in [1.82, 2.24) is 0 Å². The van der Waals surface area contributed by atoms with E-state index in [0.29, 0.717) is 17.3 Å². The van der Waals surface area contributed by atoms with Crippen molar-refractivity contribution in [3.8, 4) is 6.07 Å². The second-order valence-electron chi connectivity index (χ2n) is 15.4. The molecule has 4 heteroatoms. The zero-order valence-corrected chi connectivity index (χ0v) is 23.6. The highest BCUT2D eigenvalue weighted by molar-refractivity contribution is 6.06. The van der Waals surface area contributed by atoms with Gasteiger partial charge in [0.1, 0.15) is 6.07 Å². The Kier molecular flexibility index (Phi) is 5.30. The van der Waals surface area contributed by atoms with Gasteiger partial charge in [-0.25, -0.2) is 0 Å². The Labute approximate surface area is 223 Å². The average molecular weight is 504 g/mol. The molecule has 0 unspecified atom stereocenters. The lowest BCUT2D eigenvalue weighted by molar-refractivity contribution is -0.172. The maximum absolute atomic E-state index is 14.4. The number of ketones is 2. The number of nitrogens with zero attached hydrogens (tertiary/aromatic N) is 1. The van der Waals surface area contributed by atoms with Gasteiger partial charge in [-0.3, -0.25) is 9.59 Å². The number of hydrogen-bond acceptors (Lipinski definition) is 4. The molecular formula is C33H45NO3. The Morgan fingerprint density at radius 1 is 1.00 bits per heavy atom. The van der Waals surface area contributed by atoms with E-state index in [1.807, 2.05) is 12.2 Å². The molecule has 0 aromatic heterocycles. The third-order valence-corrected chi connectivity index (χ3v) is 13.3. The van der Waals surface area contributed by atoms with E-state index in [1.54, 1.807) is 0 Å². The van der Waals surface area contributed by atoms with E-state index in [1.165, 1.54) is 12.0 Å². The summed E-state index contributed by atoms with van der Waals surface area (Å²) in [5.74, 6) is 0.901. The maximum atomic E-state index is 14.4. The monoisotopic (exact) mass is 503 g/mol. The van der Waals surface area contributed by atoms with E-state index < -0.39 is 5.41 Å². The summed E-state index contributed by atoms with van der Waals surface area (Å²) in [7, 11) is 0. The number of carbonyl (C=O) groups is 2. The molecule has 4 saturated carbocycles. The number of nitriles is 1. The minimum atomic E-state index is -0.413. The summed E-state index contributed by atoms with van der Waals surface area (Å²) in [4.78, 5) is 27.7. The molecule has 200 valence electrons. The van der Waals surface area contributed by atoms with Crippen LogP contribution in [0.1, 0.15) is 105 Å². The molecule has 0 aromatic carbocycles. The summed E-state index contributed by atoms with van der Waals surface area (Å²) in [5, 5.41) is 19.6. The third kappa shape index (κ3) is 3.10. The van der Waals surface area contributed by atoms with Crippen LogP contribution in [0, 0.1) is 61.6 Å². The highest BCUT2D eigenvalue weighted by Crippen LogP contribution is 2.77. The lowest BCUT2D eigenvalue weighted by Gasteiger charge is -2.69. The molecular weight excluding hydrogens is 458 g/mol. The molecule has 7 atom stereocenters. The Morgan fingerprint density at radius 3 is 2.35 bits per heavy atom. The molecule has 37 heavy (non-hydrogen) atoms. The zero-order chi connectivity index (χ0) is 26.6. The topological polar surface area (TPSA) is 78.2 Å². The van der Waals surface area contributed by atoms with E-state index in [0.717, 1.165) is 64.2 Å². The number of hydrogen-bond donors (Lipinski definition) is 1. The molecule has 1 spiro atoms. The molecule has 0 radical (unpaired) electrons. The average Bonchev–Trinajstić information content (AvgIpc) is 3.63. The first-order chi connectivity index (χ1) is 17.3. The van der Waals surface area contributed by atoms with Gasteiger partial charge in [-0.05, 0) is 110 Å². The van der Waals surface area contributed by atoms with Gasteiger partial charge < -0.3 is 5.11 Å². The van der Waals surface area contributed by atoms with Crippen LogP contribution in [0.4, 0.5) is 0 Å². The lowest BCUT2D eigenvalue weighted by atomic mass is 9.34. The van der Waals surface area contributed by atoms with Crippen LogP contribution in [0.2, 0.25) is 0 Å². The summed E-state index contributed by atoms with van der Waals surface area (Å²) >= 11 is 0. The normalized spacial score (nSPS) is 47.0. The second-order valence-corrected chi connectivity index (χ2v) is 15.4. The molecule has 0 aromatic rings. The van der Waals surface area contributed by atoms with Crippen molar-refractivity contribution >= 4 is 11.6 Å². The van der Waals surface area contributed by atoms with Crippen molar-refractivity contribution in [2.75, 3.05) is 6.61 Å². The lowest BCUT2D eigenvalue weighted by Crippen LogP contribution is -2.64. The number of allylic oxidation sites excluding steroid dienone is 4. The first-order valence-electron chi connectivity index (χ1n) is 14.9. The Balaban J connectivity index is 1.49. The van der Waals surface area contributed by atoms with Crippen LogP contribution in [0.3, 0.4) is 0 Å². The fourth-order valence-electron chi connectivity index (χ4n) is 11.0. The largest absolute Gasteiger partial charge is 0.396 e. The van der Waals surface area contributed by atoms with Crippen LogP contribution >= 0.6 is 0 Å². The van der Waals surface area contributed by atoms with E-state index in [4.69, 9.17) is 0 Å². The first-order valence-corrected chi connectivity index (χ1v) is 14.9. The summed E-state index contributed by atoms with van der Waals surface area (Å²) < 4.78 is 0. The molecule has 0 amide bonds. The van der Waals surface area contributed by atoms with Crippen LogP contribution in [-0.4, -0.2) is 23.3 Å². The van der Waals surface area contributed by atoms with Crippen LogP contribution in [0.15, 0.2) is 23.3 Å². The molecule has 0 heterocycles. The summed E-state index contributed by atoms with van der Waals surface area (Å²) in [6.07, 6.45) is 15.2. The predicted molar refractivity (Wildman–Crippen MR) is 143 cm³/mol. The van der Waals surface area contributed by atoms with Gasteiger partial charge in [-0.1, -0.05) is 46.3 Å². The van der Waals surface area contributed by atoms with Gasteiger partial charge in [0.15, 0.2) is 11.6 Å². The highest BCUT2D eigenvalue weighted by atomic mass is 16.3. The van der Waals surface area contributed by atoms with Gasteiger partial charge in [0.25, 0.3) is 0 Å². The molecule has 0 bridgehead atoms. The number of carbonyl (C=O) groups excluding carboxylic acids is 2. The fraction of sp³-hybridized carbons (Fsp3) is 0.788. The Bertz CT molecular complexity index is 1170. The van der Waals surface area contributed by atoms with Crippen molar-refractivity contribution in [3.05, 3.63) is 23.3 Å². The smallest absolute Gasteiger partial charge is 0.179 e.